The number of hydrogen-bond acceptors (Lipinski definition) is 6. The fraction of sp³-hybridized carbons (Fsp3) is 0.538. The van der Waals surface area contributed by atoms with Gasteiger partial charge in [0, 0.05) is 30.9 Å². The van der Waals surface area contributed by atoms with Gasteiger partial charge in [-0.05, 0) is 82.7 Å². The Hall–Kier alpha value is -2.26. The molecule has 0 saturated carbocycles. The molecule has 2 aromatic heterocycles. The van der Waals surface area contributed by atoms with Crippen molar-refractivity contribution in [1.82, 2.24) is 29.8 Å². The van der Waals surface area contributed by atoms with Crippen LogP contribution >= 0.6 is 24.8 Å². The number of fused-ring (bicyclic) bond motifs is 1. The number of likely N-dealkylation sites (tertiary alicyclic amines) is 1. The second-order valence-corrected chi connectivity index (χ2v) is 9.66. The number of piperidine rings is 1. The van der Waals surface area contributed by atoms with Crippen LogP contribution in [-0.2, 0) is 24.3 Å². The molecule has 0 unspecified atom stereocenters. The first kappa shape index (κ1) is 30.0. The molecule has 0 aliphatic carbocycles. The fourth-order valence-corrected chi connectivity index (χ4v) is 4.84. The number of nitrogens with one attached hydrogen (secondary N) is 1. The van der Waals surface area contributed by atoms with Gasteiger partial charge in [-0.3, -0.25) is 9.69 Å². The number of carbonyl (C=O) groups excluding carboxylic acids is 1. The zero-order valence-electron chi connectivity index (χ0n) is 21.7. The fourth-order valence-electron chi connectivity index (χ4n) is 4.84. The van der Waals surface area contributed by atoms with Gasteiger partial charge in [-0.2, -0.15) is 4.98 Å². The Morgan fingerprint density at radius 1 is 1.11 bits per heavy atom. The molecule has 1 aliphatic heterocycles. The topological polar surface area (TPSA) is 101 Å². The summed E-state index contributed by atoms with van der Waals surface area (Å²) in [5, 5.41) is 7.58. The minimum atomic E-state index is 0. The molecule has 8 nitrogen and oxygen atoms in total. The number of carbonyl (C=O) groups is 1. The van der Waals surface area contributed by atoms with E-state index in [4.69, 9.17) is 5.73 Å². The maximum atomic E-state index is 12.6. The standard InChI is InChI=1S/C26H37N7O.2ClH/c1-17-5-6-18(2)22(13-17)16-32-11-9-21(10-12-32)15-28-25(34)8-7-23-19(3)29-26-30-24(14-27)31-33(26)20(23)4;;/h5-6,13,21H,7-12,14-16,27H2,1-4H3,(H,28,34);2*1H. The number of aryl methyl sites for hydroxylation is 4. The predicted octanol–water partition coefficient (Wildman–Crippen LogP) is 3.62. The van der Waals surface area contributed by atoms with E-state index in [-0.39, 0.29) is 37.3 Å². The molecule has 4 rings (SSSR count). The van der Waals surface area contributed by atoms with Crippen molar-refractivity contribution in [2.24, 2.45) is 11.7 Å². The highest BCUT2D eigenvalue weighted by Gasteiger charge is 2.21. The summed E-state index contributed by atoms with van der Waals surface area (Å²) in [6.07, 6.45) is 3.33. The summed E-state index contributed by atoms with van der Waals surface area (Å²) < 4.78 is 1.73. The molecule has 0 bridgehead atoms. The van der Waals surface area contributed by atoms with Gasteiger partial charge >= 0.3 is 0 Å². The molecule has 1 fully saturated rings. The van der Waals surface area contributed by atoms with Crippen molar-refractivity contribution in [2.75, 3.05) is 19.6 Å². The van der Waals surface area contributed by atoms with Gasteiger partial charge in [-0.1, -0.05) is 23.8 Å². The molecular formula is C26H39Cl2N7O. The summed E-state index contributed by atoms with van der Waals surface area (Å²) in [6.45, 7) is 12.5. The third kappa shape index (κ3) is 7.16. The number of hydrogen-bond donors (Lipinski definition) is 2. The average molecular weight is 537 g/mol. The molecular weight excluding hydrogens is 497 g/mol. The molecule has 1 amide bonds. The molecule has 3 heterocycles. The molecule has 0 spiro atoms. The molecule has 36 heavy (non-hydrogen) atoms. The molecule has 198 valence electrons. The predicted molar refractivity (Wildman–Crippen MR) is 148 cm³/mol. The van der Waals surface area contributed by atoms with Crippen LogP contribution in [0.25, 0.3) is 5.78 Å². The second kappa shape index (κ2) is 13.3. The molecule has 1 aliphatic rings. The van der Waals surface area contributed by atoms with Gasteiger partial charge in [-0.15, -0.1) is 29.9 Å². The number of rotatable bonds is 8. The van der Waals surface area contributed by atoms with Gasteiger partial charge in [0.05, 0.1) is 6.54 Å². The van der Waals surface area contributed by atoms with E-state index in [9.17, 15) is 4.79 Å². The lowest BCUT2D eigenvalue weighted by atomic mass is 9.95. The Kier molecular flexibility index (Phi) is 11.1. The number of nitrogens with zero attached hydrogens (tertiary/aromatic N) is 5. The number of nitrogens with two attached hydrogens (primary N) is 1. The van der Waals surface area contributed by atoms with Gasteiger partial charge in [0.2, 0.25) is 5.91 Å². The second-order valence-electron chi connectivity index (χ2n) is 9.66. The van der Waals surface area contributed by atoms with Crippen LogP contribution in [0.4, 0.5) is 0 Å². The quantitative estimate of drug-likeness (QED) is 0.456. The summed E-state index contributed by atoms with van der Waals surface area (Å²) in [7, 11) is 0. The van der Waals surface area contributed by atoms with Crippen molar-refractivity contribution >= 4 is 36.5 Å². The third-order valence-corrected chi connectivity index (χ3v) is 7.07. The van der Waals surface area contributed by atoms with Crippen molar-refractivity contribution in [3.8, 4) is 0 Å². The highest BCUT2D eigenvalue weighted by molar-refractivity contribution is 5.85. The summed E-state index contributed by atoms with van der Waals surface area (Å²) in [4.78, 5) is 24.0. The van der Waals surface area contributed by atoms with E-state index >= 15 is 0 Å². The lowest BCUT2D eigenvalue weighted by Crippen LogP contribution is -2.38. The zero-order chi connectivity index (χ0) is 24.2. The molecule has 3 N–H and O–H groups in total. The van der Waals surface area contributed by atoms with Crippen LogP contribution in [0.3, 0.4) is 0 Å². The first-order chi connectivity index (χ1) is 16.3. The Balaban J connectivity index is 0.00000228. The van der Waals surface area contributed by atoms with Gasteiger partial charge in [0.25, 0.3) is 5.78 Å². The highest BCUT2D eigenvalue weighted by Crippen LogP contribution is 2.21. The summed E-state index contributed by atoms with van der Waals surface area (Å²) in [6, 6.07) is 6.70. The smallest absolute Gasteiger partial charge is 0.252 e. The van der Waals surface area contributed by atoms with E-state index in [0.29, 0.717) is 30.4 Å². The molecule has 1 saturated heterocycles. The van der Waals surface area contributed by atoms with Crippen LogP contribution in [0.5, 0.6) is 0 Å². The summed E-state index contributed by atoms with van der Waals surface area (Å²) in [5.74, 6) is 1.78. The third-order valence-electron chi connectivity index (χ3n) is 7.07. The average Bonchev–Trinajstić information content (AvgIpc) is 3.24. The maximum Gasteiger partial charge on any atom is 0.252 e. The lowest BCUT2D eigenvalue weighted by molar-refractivity contribution is -0.121. The van der Waals surface area contributed by atoms with Crippen molar-refractivity contribution in [1.29, 1.82) is 0 Å². The zero-order valence-corrected chi connectivity index (χ0v) is 23.3. The number of benzene rings is 1. The number of halogens is 2. The molecule has 1 aromatic carbocycles. The Morgan fingerprint density at radius 2 is 1.83 bits per heavy atom. The van der Waals surface area contributed by atoms with E-state index in [0.717, 1.165) is 56.0 Å². The van der Waals surface area contributed by atoms with Gasteiger partial charge in [0.1, 0.15) is 0 Å². The van der Waals surface area contributed by atoms with Crippen LogP contribution in [0, 0.1) is 33.6 Å². The Bertz CT molecular complexity index is 1170. The van der Waals surface area contributed by atoms with E-state index in [1.54, 1.807) is 4.52 Å². The van der Waals surface area contributed by atoms with Crippen LogP contribution in [-0.4, -0.2) is 50.0 Å². The number of aromatic nitrogens is 4. The van der Waals surface area contributed by atoms with E-state index in [2.05, 4.69) is 57.3 Å². The van der Waals surface area contributed by atoms with Crippen LogP contribution < -0.4 is 11.1 Å². The SMILES string of the molecule is Cc1ccc(C)c(CN2CCC(CNC(=O)CCc3c(C)nc4nc(CN)nn4c3C)CC2)c1.Cl.Cl. The van der Waals surface area contributed by atoms with Gasteiger partial charge in [-0.25, -0.2) is 9.50 Å². The van der Waals surface area contributed by atoms with E-state index in [1.165, 1.54) is 16.7 Å². The maximum absolute atomic E-state index is 12.6. The number of amides is 1. The van der Waals surface area contributed by atoms with Gasteiger partial charge < -0.3 is 11.1 Å². The molecule has 3 aromatic rings. The van der Waals surface area contributed by atoms with Gasteiger partial charge in [0.15, 0.2) is 5.82 Å². The summed E-state index contributed by atoms with van der Waals surface area (Å²) >= 11 is 0. The monoisotopic (exact) mass is 535 g/mol. The van der Waals surface area contributed by atoms with Crippen LogP contribution in [0.1, 0.15) is 58.7 Å². The van der Waals surface area contributed by atoms with Crippen LogP contribution in [0.15, 0.2) is 18.2 Å². The first-order valence-corrected chi connectivity index (χ1v) is 12.3. The Morgan fingerprint density at radius 3 is 2.53 bits per heavy atom. The Labute approximate surface area is 226 Å². The van der Waals surface area contributed by atoms with Crippen molar-refractivity contribution in [3.63, 3.8) is 0 Å². The molecule has 0 radical (unpaired) electrons. The molecule has 0 atom stereocenters. The summed E-state index contributed by atoms with van der Waals surface area (Å²) in [5.41, 5.74) is 12.7. The minimum absolute atomic E-state index is 0. The van der Waals surface area contributed by atoms with Crippen LogP contribution in [0.2, 0.25) is 0 Å². The minimum Gasteiger partial charge on any atom is -0.356 e. The highest BCUT2D eigenvalue weighted by atomic mass is 35.5. The lowest BCUT2D eigenvalue weighted by Gasteiger charge is -2.32. The van der Waals surface area contributed by atoms with E-state index in [1.807, 2.05) is 13.8 Å². The van der Waals surface area contributed by atoms with Crippen molar-refractivity contribution in [2.45, 2.75) is 66.5 Å². The first-order valence-electron chi connectivity index (χ1n) is 12.3. The van der Waals surface area contributed by atoms with E-state index < -0.39 is 0 Å². The van der Waals surface area contributed by atoms with Crippen molar-refractivity contribution in [3.05, 3.63) is 57.7 Å². The normalized spacial score (nSPS) is 14.4. The van der Waals surface area contributed by atoms with Crippen molar-refractivity contribution < 1.29 is 4.79 Å². The largest absolute Gasteiger partial charge is 0.356 e. The molecule has 10 heteroatoms.